The fourth-order valence-corrected chi connectivity index (χ4v) is 3.66. The number of hydrogen-bond donors (Lipinski definition) is 1. The van der Waals surface area contributed by atoms with Crippen molar-refractivity contribution in [1.29, 1.82) is 0 Å². The molecule has 0 atom stereocenters. The Kier molecular flexibility index (Phi) is 5.76. The molecule has 0 saturated heterocycles. The third-order valence-corrected chi connectivity index (χ3v) is 5.04. The molecule has 3 aromatic rings. The zero-order valence-corrected chi connectivity index (χ0v) is 16.1. The first-order chi connectivity index (χ1) is 14.6. The van der Waals surface area contributed by atoms with Gasteiger partial charge in [0.05, 0.1) is 6.54 Å². The lowest BCUT2D eigenvalue weighted by molar-refractivity contribution is 0.144. The summed E-state index contributed by atoms with van der Waals surface area (Å²) in [4.78, 5) is 12.1. The quantitative estimate of drug-likeness (QED) is 0.583. The van der Waals surface area contributed by atoms with Gasteiger partial charge < -0.3 is 10.1 Å². The molecule has 0 saturated carbocycles. The third kappa shape index (κ3) is 4.18. The normalized spacial score (nSPS) is 12.0. The summed E-state index contributed by atoms with van der Waals surface area (Å²) in [5.74, 6) is 5.51. The van der Waals surface area contributed by atoms with Crippen LogP contribution < -0.4 is 5.32 Å². The Hall–Kier alpha value is -3.65. The fourth-order valence-electron chi connectivity index (χ4n) is 3.66. The molecule has 1 amide bonds. The Morgan fingerprint density at radius 2 is 1.63 bits per heavy atom. The van der Waals surface area contributed by atoms with E-state index >= 15 is 0 Å². The maximum absolute atomic E-state index is 12.7. The fraction of sp³-hybridized carbons (Fsp3) is 0.160. The second-order valence-corrected chi connectivity index (χ2v) is 6.91. The van der Waals surface area contributed by atoms with Gasteiger partial charge in [0.1, 0.15) is 6.61 Å². The molecule has 4 rings (SSSR count). The number of nitrogens with one attached hydrogen (secondary N) is 1. The summed E-state index contributed by atoms with van der Waals surface area (Å²) in [6, 6.07) is 22.1. The van der Waals surface area contributed by atoms with Crippen LogP contribution in [0.2, 0.25) is 0 Å². The first kappa shape index (κ1) is 19.7. The predicted octanol–water partition coefficient (Wildman–Crippen LogP) is 5.51. The summed E-state index contributed by atoms with van der Waals surface area (Å²) in [6.07, 6.45) is -3.10. The van der Waals surface area contributed by atoms with Crippen molar-refractivity contribution in [3.63, 3.8) is 0 Å². The van der Waals surface area contributed by atoms with Gasteiger partial charge in [-0.3, -0.25) is 0 Å². The molecular weight excluding hydrogens is 384 g/mol. The molecule has 0 radical (unpaired) electrons. The number of fused-ring (bicyclic) bond motifs is 3. The van der Waals surface area contributed by atoms with E-state index in [-0.39, 0.29) is 24.6 Å². The molecule has 1 aliphatic rings. The number of amides is 1. The Labute approximate surface area is 173 Å². The van der Waals surface area contributed by atoms with Gasteiger partial charge in [-0.25, -0.2) is 13.6 Å². The van der Waals surface area contributed by atoms with Crippen molar-refractivity contribution in [1.82, 2.24) is 5.32 Å². The molecule has 0 fully saturated rings. The summed E-state index contributed by atoms with van der Waals surface area (Å²) >= 11 is 0. The molecule has 1 N–H and O–H groups in total. The smallest absolute Gasteiger partial charge is 0.407 e. The maximum atomic E-state index is 12.7. The van der Waals surface area contributed by atoms with Crippen LogP contribution in [-0.2, 0) is 4.74 Å². The van der Waals surface area contributed by atoms with Crippen LogP contribution in [0.25, 0.3) is 11.1 Å². The number of carbonyl (C=O) groups excluding carboxylic acids is 1. The number of alkyl carbamates (subject to hydrolysis) is 1. The molecule has 3 aromatic carbocycles. The van der Waals surface area contributed by atoms with Gasteiger partial charge in [0.15, 0.2) is 0 Å². The summed E-state index contributed by atoms with van der Waals surface area (Å²) in [7, 11) is 0. The van der Waals surface area contributed by atoms with E-state index in [0.29, 0.717) is 5.56 Å². The van der Waals surface area contributed by atoms with Crippen LogP contribution in [0, 0.1) is 11.8 Å². The third-order valence-electron chi connectivity index (χ3n) is 5.04. The first-order valence-corrected chi connectivity index (χ1v) is 9.59. The predicted molar refractivity (Wildman–Crippen MR) is 111 cm³/mol. The van der Waals surface area contributed by atoms with Gasteiger partial charge >= 0.3 is 6.09 Å². The van der Waals surface area contributed by atoms with E-state index in [9.17, 15) is 13.6 Å². The van der Waals surface area contributed by atoms with E-state index < -0.39 is 12.5 Å². The number of rotatable bonds is 4. The van der Waals surface area contributed by atoms with Crippen molar-refractivity contribution >= 4 is 6.09 Å². The highest BCUT2D eigenvalue weighted by Gasteiger charge is 2.28. The van der Waals surface area contributed by atoms with Gasteiger partial charge in [-0.1, -0.05) is 72.5 Å². The van der Waals surface area contributed by atoms with Crippen LogP contribution in [0.3, 0.4) is 0 Å². The van der Waals surface area contributed by atoms with Crippen molar-refractivity contribution in [3.05, 3.63) is 95.1 Å². The van der Waals surface area contributed by atoms with Gasteiger partial charge in [-0.2, -0.15) is 0 Å². The van der Waals surface area contributed by atoms with Gasteiger partial charge in [0.25, 0.3) is 6.43 Å². The van der Waals surface area contributed by atoms with Gasteiger partial charge in [-0.15, -0.1) is 0 Å². The van der Waals surface area contributed by atoms with Crippen molar-refractivity contribution in [2.24, 2.45) is 0 Å². The molecule has 0 bridgehead atoms. The number of alkyl halides is 2. The number of benzene rings is 3. The van der Waals surface area contributed by atoms with Crippen LogP contribution >= 0.6 is 0 Å². The Bertz CT molecular complexity index is 1090. The standard InChI is InChI=1S/C25H19F2NO2/c26-24(27)18-9-5-7-17(15-18)8-6-14-28-25(29)30-16-23-21-12-3-1-10-19(21)20-11-2-4-13-22(20)23/h1-5,7,9-13,15,23-24H,14,16H2,(H,28,29). The molecule has 30 heavy (non-hydrogen) atoms. The van der Waals surface area contributed by atoms with Crippen LogP contribution in [-0.4, -0.2) is 19.2 Å². The van der Waals surface area contributed by atoms with Gasteiger partial charge in [0.2, 0.25) is 0 Å². The highest BCUT2D eigenvalue weighted by atomic mass is 19.3. The monoisotopic (exact) mass is 403 g/mol. The number of hydrogen-bond acceptors (Lipinski definition) is 2. The highest BCUT2D eigenvalue weighted by Crippen LogP contribution is 2.44. The summed E-state index contributed by atoms with van der Waals surface area (Å²) < 4.78 is 30.9. The zero-order chi connectivity index (χ0) is 20.9. The average molecular weight is 403 g/mol. The lowest BCUT2D eigenvalue weighted by atomic mass is 9.98. The van der Waals surface area contributed by atoms with E-state index in [0.717, 1.165) is 11.1 Å². The van der Waals surface area contributed by atoms with Gasteiger partial charge in [0, 0.05) is 17.0 Å². The van der Waals surface area contributed by atoms with Crippen molar-refractivity contribution in [3.8, 4) is 23.0 Å². The SMILES string of the molecule is O=C(NCC#Cc1cccc(C(F)F)c1)OCC1c2ccccc2-c2ccccc21. The lowest BCUT2D eigenvalue weighted by Crippen LogP contribution is -2.26. The number of carbonyl (C=O) groups is 1. The molecule has 5 heteroatoms. The molecule has 3 nitrogen and oxygen atoms in total. The van der Waals surface area contributed by atoms with Crippen molar-refractivity contribution in [2.75, 3.05) is 13.2 Å². The Balaban J connectivity index is 1.34. The van der Waals surface area contributed by atoms with Crippen molar-refractivity contribution in [2.45, 2.75) is 12.3 Å². The summed E-state index contributed by atoms with van der Waals surface area (Å²) in [5.41, 5.74) is 5.02. The van der Waals surface area contributed by atoms with E-state index in [2.05, 4.69) is 41.4 Å². The molecule has 1 aliphatic carbocycles. The minimum Gasteiger partial charge on any atom is -0.449 e. The van der Waals surface area contributed by atoms with Crippen molar-refractivity contribution < 1.29 is 18.3 Å². The summed E-state index contributed by atoms with van der Waals surface area (Å²) in [5, 5.41) is 2.58. The van der Waals surface area contributed by atoms with Gasteiger partial charge in [-0.05, 0) is 34.4 Å². The van der Waals surface area contributed by atoms with E-state index in [1.54, 1.807) is 6.07 Å². The van der Waals surface area contributed by atoms with E-state index in [4.69, 9.17) is 4.74 Å². The number of ether oxygens (including phenoxy) is 1. The largest absolute Gasteiger partial charge is 0.449 e. The first-order valence-electron chi connectivity index (χ1n) is 9.59. The van der Waals surface area contributed by atoms with Crippen LogP contribution in [0.5, 0.6) is 0 Å². The minimum atomic E-state index is -2.54. The second-order valence-electron chi connectivity index (χ2n) is 6.91. The lowest BCUT2D eigenvalue weighted by Gasteiger charge is -2.14. The topological polar surface area (TPSA) is 38.3 Å². The molecule has 150 valence electrons. The summed E-state index contributed by atoms with van der Waals surface area (Å²) in [6.45, 7) is 0.291. The van der Waals surface area contributed by atoms with Crippen LogP contribution in [0.15, 0.2) is 72.8 Å². The molecule has 0 heterocycles. The molecule has 0 unspecified atom stereocenters. The van der Waals surface area contributed by atoms with E-state index in [1.807, 2.05) is 24.3 Å². The van der Waals surface area contributed by atoms with E-state index in [1.165, 1.54) is 29.3 Å². The van der Waals surface area contributed by atoms with Crippen LogP contribution in [0.1, 0.15) is 34.6 Å². The zero-order valence-electron chi connectivity index (χ0n) is 16.1. The minimum absolute atomic E-state index is 0.00804. The Morgan fingerprint density at radius 3 is 2.30 bits per heavy atom. The second kappa shape index (κ2) is 8.79. The maximum Gasteiger partial charge on any atom is 0.407 e. The molecule has 0 spiro atoms. The number of halogens is 2. The highest BCUT2D eigenvalue weighted by molar-refractivity contribution is 5.79. The molecule has 0 aromatic heterocycles. The molecule has 0 aliphatic heterocycles. The average Bonchev–Trinajstić information content (AvgIpc) is 3.09. The molecular formula is C25H19F2NO2. The Morgan fingerprint density at radius 1 is 0.967 bits per heavy atom. The van der Waals surface area contributed by atoms with Crippen LogP contribution in [0.4, 0.5) is 13.6 Å².